The molecule has 1 saturated heterocycles. The monoisotopic (exact) mass is 711 g/mol. The maximum atomic E-state index is 12.4. The molecule has 1 fully saturated rings. The molecule has 1 heterocycles. The highest BCUT2D eigenvalue weighted by Crippen LogP contribution is 2.39. The first-order chi connectivity index (χ1) is 25.2. The molecule has 6 N–H and O–H groups in total. The minimum Gasteiger partial charge on any atom is -0.508 e. The lowest BCUT2D eigenvalue weighted by molar-refractivity contribution is -0.252. The van der Waals surface area contributed by atoms with Crippen LogP contribution in [-0.4, -0.2) is 63.5 Å². The van der Waals surface area contributed by atoms with Crippen molar-refractivity contribution in [1.82, 2.24) is 15.7 Å². The van der Waals surface area contributed by atoms with E-state index in [1.165, 1.54) is 0 Å². The number of nitrogens with zero attached hydrogens (tertiary/aromatic N) is 1. The normalized spacial score (nSPS) is 17.8. The van der Waals surface area contributed by atoms with Crippen LogP contribution in [0.25, 0.3) is 11.1 Å². The number of benzene rings is 4. The summed E-state index contributed by atoms with van der Waals surface area (Å²) in [5.41, 5.74) is 7.84. The van der Waals surface area contributed by atoms with E-state index in [1.807, 2.05) is 72.6 Å². The standard InChI is InChI=1S/C41H49N3O8/c1-44(26-37(47)33-11-7-13-35(46)22-33)25-36-23-38(30-18-16-28(27-45)17-19-30)52-41(51-36)34-12-6-10-32(21-34)31-9-5-8-29(20-31)24-42-39(48)14-3-2-4-15-40(49)43-50/h5-13,16-22,36-38,41,45-47,50H,2-4,14-15,23-27H2,1H3,(H,42,48)(H,43,49). The number of amides is 2. The summed E-state index contributed by atoms with van der Waals surface area (Å²) < 4.78 is 13.2. The predicted octanol–water partition coefficient (Wildman–Crippen LogP) is 5.83. The van der Waals surface area contributed by atoms with Gasteiger partial charge in [0.1, 0.15) is 5.75 Å². The molecule has 0 spiro atoms. The van der Waals surface area contributed by atoms with Gasteiger partial charge in [-0.05, 0) is 77.5 Å². The molecule has 0 aromatic heterocycles. The molecule has 1 aliphatic heterocycles. The maximum Gasteiger partial charge on any atom is 0.243 e. The van der Waals surface area contributed by atoms with Gasteiger partial charge in [-0.25, -0.2) is 5.48 Å². The van der Waals surface area contributed by atoms with Crippen LogP contribution < -0.4 is 10.8 Å². The van der Waals surface area contributed by atoms with Gasteiger partial charge in [-0.1, -0.05) is 79.2 Å². The fraction of sp³-hybridized carbons (Fsp3) is 0.366. The van der Waals surface area contributed by atoms with Crippen LogP contribution >= 0.6 is 0 Å². The smallest absolute Gasteiger partial charge is 0.243 e. The fourth-order valence-corrected chi connectivity index (χ4v) is 6.41. The Bertz CT molecular complexity index is 1750. The van der Waals surface area contributed by atoms with Gasteiger partial charge in [-0.2, -0.15) is 0 Å². The van der Waals surface area contributed by atoms with Crippen molar-refractivity contribution in [2.75, 3.05) is 20.1 Å². The van der Waals surface area contributed by atoms with E-state index in [0.717, 1.165) is 39.8 Å². The Morgan fingerprint density at radius 2 is 1.54 bits per heavy atom. The van der Waals surface area contributed by atoms with E-state index in [4.69, 9.17) is 14.7 Å². The Hall–Kier alpha value is -4.62. The molecule has 0 saturated carbocycles. The number of aliphatic hydroxyl groups excluding tert-OH is 2. The average molecular weight is 712 g/mol. The van der Waals surface area contributed by atoms with Gasteiger partial charge in [0.2, 0.25) is 11.8 Å². The Morgan fingerprint density at radius 3 is 2.27 bits per heavy atom. The van der Waals surface area contributed by atoms with Gasteiger partial charge in [-0.15, -0.1) is 0 Å². The maximum absolute atomic E-state index is 12.4. The van der Waals surface area contributed by atoms with E-state index in [0.29, 0.717) is 50.9 Å². The first-order valence-electron chi connectivity index (χ1n) is 17.8. The van der Waals surface area contributed by atoms with Gasteiger partial charge in [0.25, 0.3) is 0 Å². The van der Waals surface area contributed by atoms with E-state index >= 15 is 0 Å². The Morgan fingerprint density at radius 1 is 0.827 bits per heavy atom. The van der Waals surface area contributed by atoms with Crippen LogP contribution in [0.4, 0.5) is 0 Å². The Kier molecular flexibility index (Phi) is 14.3. The number of ether oxygens (including phenoxy) is 2. The first-order valence-corrected chi connectivity index (χ1v) is 17.8. The van der Waals surface area contributed by atoms with E-state index in [-0.39, 0.29) is 36.9 Å². The fourth-order valence-electron chi connectivity index (χ4n) is 6.41. The molecule has 4 aromatic rings. The van der Waals surface area contributed by atoms with Crippen LogP contribution in [0.1, 0.15) is 84.8 Å². The third-order valence-electron chi connectivity index (χ3n) is 9.21. The molecule has 4 atom stereocenters. The number of aromatic hydroxyl groups is 1. The summed E-state index contributed by atoms with van der Waals surface area (Å²) in [6.45, 7) is 1.24. The Balaban J connectivity index is 1.25. The van der Waals surface area contributed by atoms with Crippen molar-refractivity contribution in [2.24, 2.45) is 0 Å². The van der Waals surface area contributed by atoms with Crippen molar-refractivity contribution < 1.29 is 39.6 Å². The summed E-state index contributed by atoms with van der Waals surface area (Å²) in [5, 5.41) is 41.9. The lowest BCUT2D eigenvalue weighted by atomic mass is 9.98. The molecule has 52 heavy (non-hydrogen) atoms. The van der Waals surface area contributed by atoms with Gasteiger partial charge >= 0.3 is 0 Å². The summed E-state index contributed by atoms with van der Waals surface area (Å²) in [4.78, 5) is 25.6. The second kappa shape index (κ2) is 19.3. The quantitative estimate of drug-likeness (QED) is 0.0450. The number of carbonyl (C=O) groups is 2. The van der Waals surface area contributed by atoms with E-state index in [2.05, 4.69) is 17.4 Å². The molecule has 1 aliphatic rings. The number of hydroxylamine groups is 1. The number of phenols is 1. The van der Waals surface area contributed by atoms with Crippen molar-refractivity contribution in [2.45, 2.75) is 76.3 Å². The van der Waals surface area contributed by atoms with Crippen LogP contribution in [0, 0.1) is 0 Å². The molecule has 276 valence electrons. The topological polar surface area (TPSA) is 161 Å². The molecule has 4 aromatic carbocycles. The highest BCUT2D eigenvalue weighted by Gasteiger charge is 2.33. The zero-order valence-electron chi connectivity index (χ0n) is 29.5. The zero-order chi connectivity index (χ0) is 36.9. The second-order valence-electron chi connectivity index (χ2n) is 13.4. The molecule has 11 heteroatoms. The number of phenolic OH excluding ortho intramolecular Hbond substituents is 1. The number of nitrogens with one attached hydrogen (secondary N) is 2. The minimum atomic E-state index is -0.783. The van der Waals surface area contributed by atoms with Gasteiger partial charge in [0, 0.05) is 44.5 Å². The third-order valence-corrected chi connectivity index (χ3v) is 9.21. The molecule has 4 unspecified atom stereocenters. The van der Waals surface area contributed by atoms with E-state index in [9.17, 15) is 24.9 Å². The summed E-state index contributed by atoms with van der Waals surface area (Å²) in [7, 11) is 1.93. The second-order valence-corrected chi connectivity index (χ2v) is 13.4. The minimum absolute atomic E-state index is 0.0398. The van der Waals surface area contributed by atoms with Crippen LogP contribution in [0.5, 0.6) is 5.75 Å². The van der Waals surface area contributed by atoms with Crippen LogP contribution in [-0.2, 0) is 32.2 Å². The summed E-state index contributed by atoms with van der Waals surface area (Å²) in [6.07, 6.45) is 1.25. The molecule has 0 radical (unpaired) electrons. The van der Waals surface area contributed by atoms with Crippen molar-refractivity contribution in [3.05, 3.63) is 125 Å². The first kappa shape index (κ1) is 38.6. The van der Waals surface area contributed by atoms with Crippen LogP contribution in [0.15, 0.2) is 97.1 Å². The Labute approximate surface area is 304 Å². The number of unbranched alkanes of at least 4 members (excludes halogenated alkanes) is 2. The lowest BCUT2D eigenvalue weighted by Crippen LogP contribution is -2.39. The van der Waals surface area contributed by atoms with Crippen molar-refractivity contribution in [3.8, 4) is 16.9 Å². The number of likely N-dealkylation sites (N-methyl/N-ethyl adjacent to an activating group) is 1. The SMILES string of the molecule is CN(CC1CC(c2ccc(CO)cc2)OC(c2cccc(-c3cccc(CNC(=O)CCCCCC(=O)NO)c3)c2)O1)CC(O)c1cccc(O)c1. The van der Waals surface area contributed by atoms with Gasteiger partial charge in [0.05, 0.1) is 24.9 Å². The number of hydrogen-bond acceptors (Lipinski definition) is 9. The number of carbonyl (C=O) groups excluding carboxylic acids is 2. The number of rotatable bonds is 17. The molecule has 11 nitrogen and oxygen atoms in total. The van der Waals surface area contributed by atoms with E-state index < -0.39 is 18.3 Å². The molecule has 2 amide bonds. The zero-order valence-corrected chi connectivity index (χ0v) is 29.5. The van der Waals surface area contributed by atoms with Crippen molar-refractivity contribution in [3.63, 3.8) is 0 Å². The summed E-state index contributed by atoms with van der Waals surface area (Å²) in [5.74, 6) is -0.367. The highest BCUT2D eigenvalue weighted by atomic mass is 16.7. The van der Waals surface area contributed by atoms with Crippen LogP contribution in [0.3, 0.4) is 0 Å². The van der Waals surface area contributed by atoms with Gasteiger partial charge < -0.3 is 35.0 Å². The third kappa shape index (κ3) is 11.4. The molecular formula is C41H49N3O8. The molecule has 0 aliphatic carbocycles. The summed E-state index contributed by atoms with van der Waals surface area (Å²) >= 11 is 0. The summed E-state index contributed by atoms with van der Waals surface area (Å²) in [6, 6.07) is 30.5. The lowest BCUT2D eigenvalue weighted by Gasteiger charge is -2.38. The predicted molar refractivity (Wildman–Crippen MR) is 196 cm³/mol. The highest BCUT2D eigenvalue weighted by molar-refractivity contribution is 5.76. The number of hydrogen-bond donors (Lipinski definition) is 6. The van der Waals surface area contributed by atoms with Gasteiger partial charge in [0.15, 0.2) is 6.29 Å². The van der Waals surface area contributed by atoms with E-state index in [1.54, 1.807) is 29.7 Å². The van der Waals surface area contributed by atoms with Crippen molar-refractivity contribution >= 4 is 11.8 Å². The van der Waals surface area contributed by atoms with Crippen molar-refractivity contribution in [1.29, 1.82) is 0 Å². The van der Waals surface area contributed by atoms with Crippen LogP contribution in [0.2, 0.25) is 0 Å². The average Bonchev–Trinajstić information content (AvgIpc) is 3.16. The molecule has 0 bridgehead atoms. The number of aliphatic hydroxyl groups is 2. The van der Waals surface area contributed by atoms with Gasteiger partial charge in [-0.3, -0.25) is 14.8 Å². The largest absolute Gasteiger partial charge is 0.508 e. The molecular weight excluding hydrogens is 662 g/mol. The molecule has 5 rings (SSSR count).